The number of benzene rings is 1. The zero-order valence-electron chi connectivity index (χ0n) is 11.9. The van der Waals surface area contributed by atoms with Gasteiger partial charge in [-0.05, 0) is 54.8 Å². The van der Waals surface area contributed by atoms with Crippen molar-refractivity contribution < 1.29 is 9.18 Å². The predicted molar refractivity (Wildman–Crippen MR) is 85.9 cm³/mol. The van der Waals surface area contributed by atoms with Gasteiger partial charge in [0.25, 0.3) is 0 Å². The van der Waals surface area contributed by atoms with E-state index in [9.17, 15) is 9.18 Å². The minimum Gasteiger partial charge on any atom is -0.289 e. The van der Waals surface area contributed by atoms with Crippen LogP contribution in [0, 0.1) is 12.7 Å². The Balaban J connectivity index is 1.87. The fourth-order valence-corrected chi connectivity index (χ4v) is 2.75. The molecule has 3 nitrogen and oxygen atoms in total. The number of carbonyl (C=O) groups is 1. The summed E-state index contributed by atoms with van der Waals surface area (Å²) in [6.45, 7) is 1.82. The molecule has 0 N–H and O–H groups in total. The van der Waals surface area contributed by atoms with Gasteiger partial charge in [-0.1, -0.05) is 6.07 Å². The molecule has 3 aromatic rings. The van der Waals surface area contributed by atoms with Crippen LogP contribution in [0.4, 0.5) is 4.39 Å². The number of hydrogen-bond donors (Lipinski definition) is 0. The van der Waals surface area contributed by atoms with Crippen molar-refractivity contribution in [1.29, 1.82) is 0 Å². The molecule has 0 radical (unpaired) electrons. The summed E-state index contributed by atoms with van der Waals surface area (Å²) in [5, 5.41) is 6.18. The molecule has 0 aliphatic carbocycles. The molecule has 0 saturated heterocycles. The highest BCUT2D eigenvalue weighted by Crippen LogP contribution is 2.17. The number of hydrogen-bond acceptors (Lipinski definition) is 3. The van der Waals surface area contributed by atoms with E-state index in [0.29, 0.717) is 5.56 Å². The molecule has 1 aromatic carbocycles. The molecule has 3 rings (SSSR count). The molecule has 0 spiro atoms. The lowest BCUT2D eigenvalue weighted by atomic mass is 10.1. The second-order valence-electron chi connectivity index (χ2n) is 4.74. The second kappa shape index (κ2) is 6.07. The highest BCUT2D eigenvalue weighted by molar-refractivity contribution is 7.10. The van der Waals surface area contributed by atoms with Gasteiger partial charge in [-0.2, -0.15) is 5.10 Å². The van der Waals surface area contributed by atoms with E-state index in [-0.39, 0.29) is 11.6 Å². The first kappa shape index (κ1) is 14.4. The predicted octanol–water partition coefficient (Wildman–Crippen LogP) is 4.28. The molecule has 0 unspecified atom stereocenters. The van der Waals surface area contributed by atoms with Crippen LogP contribution in [0.5, 0.6) is 0 Å². The van der Waals surface area contributed by atoms with E-state index >= 15 is 0 Å². The Morgan fingerprint density at radius 2 is 2.05 bits per heavy atom. The number of allylic oxidation sites excluding steroid dienone is 1. The van der Waals surface area contributed by atoms with E-state index in [2.05, 4.69) is 5.10 Å². The topological polar surface area (TPSA) is 34.9 Å². The van der Waals surface area contributed by atoms with E-state index in [4.69, 9.17) is 0 Å². The number of ketones is 1. The van der Waals surface area contributed by atoms with Crippen LogP contribution in [0.3, 0.4) is 0 Å². The lowest BCUT2D eigenvalue weighted by molar-refractivity contribution is 0.104. The van der Waals surface area contributed by atoms with E-state index in [1.807, 2.05) is 24.4 Å². The third-order valence-corrected chi connectivity index (χ3v) is 4.13. The summed E-state index contributed by atoms with van der Waals surface area (Å²) < 4.78 is 14.6. The minimum atomic E-state index is -0.302. The zero-order valence-corrected chi connectivity index (χ0v) is 12.7. The van der Waals surface area contributed by atoms with Crippen molar-refractivity contribution in [3.05, 3.63) is 76.0 Å². The molecular formula is C17H13FN2OS. The minimum absolute atomic E-state index is 0.0979. The van der Waals surface area contributed by atoms with Crippen LogP contribution in [0.1, 0.15) is 20.9 Å². The number of halogens is 1. The smallest absolute Gasteiger partial charge is 0.189 e. The summed E-state index contributed by atoms with van der Waals surface area (Å²) in [4.78, 5) is 13.3. The van der Waals surface area contributed by atoms with Crippen molar-refractivity contribution in [1.82, 2.24) is 9.78 Å². The fraction of sp³-hybridized carbons (Fsp3) is 0.0588. The van der Waals surface area contributed by atoms with Crippen LogP contribution in [0.2, 0.25) is 0 Å². The molecule has 0 fully saturated rings. The normalized spacial score (nSPS) is 11.2. The van der Waals surface area contributed by atoms with Gasteiger partial charge in [-0.15, -0.1) is 11.3 Å². The van der Waals surface area contributed by atoms with Gasteiger partial charge < -0.3 is 0 Å². The summed E-state index contributed by atoms with van der Waals surface area (Å²) in [6, 6.07) is 9.88. The van der Waals surface area contributed by atoms with E-state index in [1.54, 1.807) is 46.5 Å². The highest BCUT2D eigenvalue weighted by Gasteiger charge is 2.13. The van der Waals surface area contributed by atoms with E-state index < -0.39 is 0 Å². The standard InChI is InChI=1S/C17H13FN2OS/c1-12-16(17(21)9-8-15-3-2-10-22-15)11-19-20(12)14-6-4-13(18)5-7-14/h2-11H,1H3. The lowest BCUT2D eigenvalue weighted by Gasteiger charge is -2.04. The molecular weight excluding hydrogens is 299 g/mol. The van der Waals surface area contributed by atoms with Crippen molar-refractivity contribution in [2.45, 2.75) is 6.92 Å². The Hall–Kier alpha value is -2.53. The summed E-state index contributed by atoms with van der Waals surface area (Å²) >= 11 is 1.57. The molecule has 2 heterocycles. The monoisotopic (exact) mass is 312 g/mol. The Bertz CT molecular complexity index is 817. The van der Waals surface area contributed by atoms with Crippen LogP contribution in [0.25, 0.3) is 11.8 Å². The average Bonchev–Trinajstić information content (AvgIpc) is 3.15. The van der Waals surface area contributed by atoms with Crippen LogP contribution >= 0.6 is 11.3 Å². The van der Waals surface area contributed by atoms with Crippen molar-refractivity contribution in [2.75, 3.05) is 0 Å². The molecule has 0 atom stereocenters. The van der Waals surface area contributed by atoms with Gasteiger partial charge in [0.1, 0.15) is 5.82 Å². The first-order valence-electron chi connectivity index (χ1n) is 6.71. The maximum absolute atomic E-state index is 13.0. The van der Waals surface area contributed by atoms with Crippen LogP contribution in [-0.4, -0.2) is 15.6 Å². The Morgan fingerprint density at radius 3 is 2.73 bits per heavy atom. The number of aromatic nitrogens is 2. The summed E-state index contributed by atoms with van der Waals surface area (Å²) in [7, 11) is 0. The van der Waals surface area contributed by atoms with Gasteiger partial charge in [0.05, 0.1) is 23.1 Å². The van der Waals surface area contributed by atoms with Gasteiger partial charge in [0, 0.05) is 4.88 Å². The molecule has 110 valence electrons. The van der Waals surface area contributed by atoms with Crippen molar-refractivity contribution in [2.24, 2.45) is 0 Å². The fourth-order valence-electron chi connectivity index (χ4n) is 2.13. The molecule has 0 bridgehead atoms. The van der Waals surface area contributed by atoms with Gasteiger partial charge in [-0.25, -0.2) is 9.07 Å². The number of carbonyl (C=O) groups excluding carboxylic acids is 1. The third kappa shape index (κ3) is 2.89. The average molecular weight is 312 g/mol. The first-order chi connectivity index (χ1) is 10.6. The quantitative estimate of drug-likeness (QED) is 0.532. The first-order valence-corrected chi connectivity index (χ1v) is 7.59. The Morgan fingerprint density at radius 1 is 1.27 bits per heavy atom. The van der Waals surface area contributed by atoms with E-state index in [0.717, 1.165) is 16.3 Å². The molecule has 22 heavy (non-hydrogen) atoms. The van der Waals surface area contributed by atoms with Gasteiger partial charge in [0.2, 0.25) is 0 Å². The SMILES string of the molecule is Cc1c(C(=O)C=Cc2cccs2)cnn1-c1ccc(F)cc1. The molecule has 5 heteroatoms. The summed E-state index contributed by atoms with van der Waals surface area (Å²) in [5.41, 5.74) is 1.99. The number of rotatable bonds is 4. The molecule has 0 amide bonds. The summed E-state index contributed by atoms with van der Waals surface area (Å²) in [6.07, 6.45) is 4.88. The van der Waals surface area contributed by atoms with Crippen LogP contribution < -0.4 is 0 Å². The van der Waals surface area contributed by atoms with Crippen molar-refractivity contribution >= 4 is 23.2 Å². The van der Waals surface area contributed by atoms with Gasteiger partial charge in [-0.3, -0.25) is 4.79 Å². The van der Waals surface area contributed by atoms with Gasteiger partial charge >= 0.3 is 0 Å². The number of thiophene rings is 1. The molecule has 0 aliphatic rings. The largest absolute Gasteiger partial charge is 0.289 e. The van der Waals surface area contributed by atoms with Crippen LogP contribution in [0.15, 0.2) is 54.1 Å². The lowest BCUT2D eigenvalue weighted by Crippen LogP contribution is -2.01. The maximum Gasteiger partial charge on any atom is 0.189 e. The Kier molecular flexibility index (Phi) is 3.98. The van der Waals surface area contributed by atoms with Gasteiger partial charge in [0.15, 0.2) is 5.78 Å². The zero-order chi connectivity index (χ0) is 15.5. The van der Waals surface area contributed by atoms with Crippen LogP contribution in [-0.2, 0) is 0 Å². The van der Waals surface area contributed by atoms with E-state index in [1.165, 1.54) is 12.1 Å². The van der Waals surface area contributed by atoms with Crippen molar-refractivity contribution in [3.8, 4) is 5.69 Å². The Labute approximate surface area is 131 Å². The summed E-state index contributed by atoms with van der Waals surface area (Å²) in [5.74, 6) is -0.400. The maximum atomic E-state index is 13.0. The highest BCUT2D eigenvalue weighted by atomic mass is 32.1. The molecule has 0 saturated carbocycles. The molecule has 0 aliphatic heterocycles. The second-order valence-corrected chi connectivity index (χ2v) is 5.72. The van der Waals surface area contributed by atoms with Crippen molar-refractivity contribution in [3.63, 3.8) is 0 Å². The number of nitrogens with zero attached hydrogens (tertiary/aromatic N) is 2. The third-order valence-electron chi connectivity index (χ3n) is 3.29. The molecule has 2 aromatic heterocycles.